The standard InChI is InChI=1S/C18H30N4.2ClH/c1-2-3-4-5-6-7-8-9-10-18(22-14-12-20-17-22)15-21-13-11-19-16-21;;/h11-14,16-18H,2-10,15H2,1H3;2*1H. The highest BCUT2D eigenvalue weighted by Crippen LogP contribution is 2.19. The maximum Gasteiger partial charge on any atom is 0.0949 e. The second-order valence-electron chi connectivity index (χ2n) is 6.19. The van der Waals surface area contributed by atoms with E-state index in [9.17, 15) is 0 Å². The lowest BCUT2D eigenvalue weighted by molar-refractivity contribution is 0.385. The summed E-state index contributed by atoms with van der Waals surface area (Å²) in [4.78, 5) is 8.34. The van der Waals surface area contributed by atoms with Crippen LogP contribution in [0.5, 0.6) is 0 Å². The van der Waals surface area contributed by atoms with Gasteiger partial charge in [0.2, 0.25) is 0 Å². The minimum Gasteiger partial charge on any atom is -0.335 e. The average Bonchev–Trinajstić information content (AvgIpc) is 3.21. The first kappa shape index (κ1) is 23.0. The highest BCUT2D eigenvalue weighted by molar-refractivity contribution is 5.85. The van der Waals surface area contributed by atoms with Crippen molar-refractivity contribution in [3.05, 3.63) is 37.4 Å². The molecule has 0 saturated carbocycles. The summed E-state index contributed by atoms with van der Waals surface area (Å²) in [5, 5.41) is 0. The second-order valence-corrected chi connectivity index (χ2v) is 6.19. The average molecular weight is 375 g/mol. The van der Waals surface area contributed by atoms with E-state index in [4.69, 9.17) is 0 Å². The van der Waals surface area contributed by atoms with Crippen LogP contribution >= 0.6 is 24.8 Å². The van der Waals surface area contributed by atoms with Crippen molar-refractivity contribution < 1.29 is 0 Å². The topological polar surface area (TPSA) is 35.6 Å². The van der Waals surface area contributed by atoms with Crippen LogP contribution in [0.25, 0.3) is 0 Å². The van der Waals surface area contributed by atoms with Gasteiger partial charge in [-0.3, -0.25) is 0 Å². The Balaban J connectivity index is 0.00000264. The normalized spacial score (nSPS) is 11.5. The Morgan fingerprint density at radius 2 is 1.42 bits per heavy atom. The van der Waals surface area contributed by atoms with Crippen LogP contribution in [0.4, 0.5) is 0 Å². The quantitative estimate of drug-likeness (QED) is 0.447. The molecule has 0 aliphatic carbocycles. The van der Waals surface area contributed by atoms with Gasteiger partial charge in [0.15, 0.2) is 0 Å². The zero-order valence-electron chi connectivity index (χ0n) is 14.7. The van der Waals surface area contributed by atoms with E-state index < -0.39 is 0 Å². The van der Waals surface area contributed by atoms with Gasteiger partial charge in [-0.05, 0) is 6.42 Å². The third kappa shape index (κ3) is 8.74. The predicted molar refractivity (Wildman–Crippen MR) is 105 cm³/mol. The number of aromatic nitrogens is 4. The summed E-state index contributed by atoms with van der Waals surface area (Å²) in [5.41, 5.74) is 0. The molecule has 0 amide bonds. The molecule has 0 radical (unpaired) electrons. The van der Waals surface area contributed by atoms with Crippen molar-refractivity contribution in [2.75, 3.05) is 0 Å². The molecule has 1 unspecified atom stereocenters. The monoisotopic (exact) mass is 374 g/mol. The Labute approximate surface area is 158 Å². The van der Waals surface area contributed by atoms with Crippen LogP contribution in [0.2, 0.25) is 0 Å². The molecule has 2 aromatic heterocycles. The van der Waals surface area contributed by atoms with E-state index in [0.29, 0.717) is 6.04 Å². The van der Waals surface area contributed by atoms with Crippen molar-refractivity contribution >= 4 is 24.8 Å². The van der Waals surface area contributed by atoms with E-state index in [2.05, 4.69) is 32.2 Å². The van der Waals surface area contributed by atoms with Crippen LogP contribution < -0.4 is 0 Å². The molecule has 0 aromatic carbocycles. The second kappa shape index (κ2) is 14.4. The zero-order valence-corrected chi connectivity index (χ0v) is 16.4. The van der Waals surface area contributed by atoms with Crippen LogP contribution in [0, 0.1) is 0 Å². The number of unbranched alkanes of at least 4 members (excludes halogenated alkanes) is 7. The van der Waals surface area contributed by atoms with Gasteiger partial charge in [-0.2, -0.15) is 0 Å². The molecule has 2 aromatic rings. The summed E-state index contributed by atoms with van der Waals surface area (Å²) in [6.45, 7) is 3.25. The molecule has 24 heavy (non-hydrogen) atoms. The molecule has 0 fully saturated rings. The van der Waals surface area contributed by atoms with Crippen molar-refractivity contribution in [3.8, 4) is 0 Å². The van der Waals surface area contributed by atoms with Crippen LogP contribution in [-0.4, -0.2) is 19.1 Å². The van der Waals surface area contributed by atoms with Crippen molar-refractivity contribution in [2.24, 2.45) is 0 Å². The molecule has 0 N–H and O–H groups in total. The van der Waals surface area contributed by atoms with Crippen LogP contribution in [-0.2, 0) is 6.54 Å². The van der Waals surface area contributed by atoms with Crippen molar-refractivity contribution in [2.45, 2.75) is 77.3 Å². The minimum atomic E-state index is 0. The Kier molecular flexibility index (Phi) is 13.8. The Morgan fingerprint density at radius 3 is 2.00 bits per heavy atom. The number of hydrogen-bond donors (Lipinski definition) is 0. The largest absolute Gasteiger partial charge is 0.335 e. The molecule has 2 rings (SSSR count). The van der Waals surface area contributed by atoms with E-state index in [-0.39, 0.29) is 24.8 Å². The molecule has 6 heteroatoms. The van der Waals surface area contributed by atoms with Gasteiger partial charge >= 0.3 is 0 Å². The van der Waals surface area contributed by atoms with Crippen LogP contribution in [0.15, 0.2) is 37.4 Å². The van der Waals surface area contributed by atoms with E-state index in [1.54, 1.807) is 0 Å². The van der Waals surface area contributed by atoms with Gasteiger partial charge < -0.3 is 9.13 Å². The third-order valence-electron chi connectivity index (χ3n) is 4.32. The Morgan fingerprint density at radius 1 is 0.792 bits per heavy atom. The van der Waals surface area contributed by atoms with Crippen molar-refractivity contribution in [3.63, 3.8) is 0 Å². The van der Waals surface area contributed by atoms with E-state index in [1.807, 2.05) is 31.2 Å². The Bertz CT molecular complexity index is 471. The Hall–Kier alpha value is -1.00. The SMILES string of the molecule is CCCCCCCCCCC(Cn1ccnc1)n1ccnc1.Cl.Cl. The summed E-state index contributed by atoms with van der Waals surface area (Å²) in [6, 6.07) is 0.483. The van der Waals surface area contributed by atoms with E-state index in [0.717, 1.165) is 6.54 Å². The van der Waals surface area contributed by atoms with Crippen molar-refractivity contribution in [1.29, 1.82) is 0 Å². The lowest BCUT2D eigenvalue weighted by atomic mass is 10.0. The maximum atomic E-state index is 4.20. The number of halogens is 2. The minimum absolute atomic E-state index is 0. The molecular weight excluding hydrogens is 343 g/mol. The molecule has 1 atom stereocenters. The summed E-state index contributed by atoms with van der Waals surface area (Å²) in [6.07, 6.45) is 23.9. The highest BCUT2D eigenvalue weighted by atomic mass is 35.5. The first-order valence-electron chi connectivity index (χ1n) is 8.83. The van der Waals surface area contributed by atoms with Gasteiger partial charge in [-0.25, -0.2) is 9.97 Å². The van der Waals surface area contributed by atoms with Crippen LogP contribution in [0.3, 0.4) is 0 Å². The lowest BCUT2D eigenvalue weighted by Gasteiger charge is -2.19. The summed E-state index contributed by atoms with van der Waals surface area (Å²) in [5.74, 6) is 0. The molecule has 0 bridgehead atoms. The first-order valence-corrected chi connectivity index (χ1v) is 8.83. The number of nitrogens with zero attached hydrogens (tertiary/aromatic N) is 4. The van der Waals surface area contributed by atoms with Crippen LogP contribution in [0.1, 0.15) is 70.8 Å². The molecule has 4 nitrogen and oxygen atoms in total. The third-order valence-corrected chi connectivity index (χ3v) is 4.32. The van der Waals surface area contributed by atoms with Gasteiger partial charge in [0, 0.05) is 31.3 Å². The summed E-state index contributed by atoms with van der Waals surface area (Å²) < 4.78 is 4.40. The summed E-state index contributed by atoms with van der Waals surface area (Å²) >= 11 is 0. The van der Waals surface area contributed by atoms with Gasteiger partial charge in [-0.1, -0.05) is 58.3 Å². The number of imidazole rings is 2. The predicted octanol–water partition coefficient (Wildman–Crippen LogP) is 5.70. The number of hydrogen-bond acceptors (Lipinski definition) is 2. The molecule has 138 valence electrons. The molecule has 0 aliphatic rings. The molecule has 0 spiro atoms. The molecule has 0 aliphatic heterocycles. The van der Waals surface area contributed by atoms with E-state index in [1.165, 1.54) is 57.8 Å². The maximum absolute atomic E-state index is 4.20. The fourth-order valence-electron chi connectivity index (χ4n) is 2.97. The van der Waals surface area contributed by atoms with Gasteiger partial charge in [0.05, 0.1) is 18.7 Å². The first-order chi connectivity index (χ1) is 10.9. The number of rotatable bonds is 12. The lowest BCUT2D eigenvalue weighted by Crippen LogP contribution is -2.14. The molecule has 2 heterocycles. The van der Waals surface area contributed by atoms with Crippen molar-refractivity contribution in [1.82, 2.24) is 19.1 Å². The molecule has 0 saturated heterocycles. The zero-order chi connectivity index (χ0) is 15.5. The van der Waals surface area contributed by atoms with E-state index >= 15 is 0 Å². The van der Waals surface area contributed by atoms with Gasteiger partial charge in [0.1, 0.15) is 0 Å². The van der Waals surface area contributed by atoms with Gasteiger partial charge in [0.25, 0.3) is 0 Å². The smallest absolute Gasteiger partial charge is 0.0949 e. The van der Waals surface area contributed by atoms with Gasteiger partial charge in [-0.15, -0.1) is 24.8 Å². The highest BCUT2D eigenvalue weighted by Gasteiger charge is 2.10. The fraction of sp³-hybridized carbons (Fsp3) is 0.667. The summed E-state index contributed by atoms with van der Waals surface area (Å²) in [7, 11) is 0. The molecular formula is C18H32Cl2N4. The fourth-order valence-corrected chi connectivity index (χ4v) is 2.97.